The van der Waals surface area contributed by atoms with Gasteiger partial charge in [0.15, 0.2) is 0 Å². The van der Waals surface area contributed by atoms with E-state index in [1.807, 2.05) is 0 Å². The lowest BCUT2D eigenvalue weighted by Crippen LogP contribution is -2.24. The summed E-state index contributed by atoms with van der Waals surface area (Å²) in [5.74, 6) is 0. The fourth-order valence-corrected chi connectivity index (χ4v) is 11.4. The fourth-order valence-electron chi connectivity index (χ4n) is 11.4. The molecule has 9 aromatic carbocycles. The van der Waals surface area contributed by atoms with E-state index in [2.05, 4.69) is 231 Å². The molecule has 0 amide bonds. The van der Waals surface area contributed by atoms with E-state index in [1.54, 1.807) is 0 Å². The van der Waals surface area contributed by atoms with Crippen molar-refractivity contribution in [2.24, 2.45) is 0 Å². The lowest BCUT2D eigenvalue weighted by atomic mass is 9.73. The fraction of sp³-hybridized carbons (Fsp3) is 0.100. The van der Waals surface area contributed by atoms with Gasteiger partial charge >= 0.3 is 0 Å². The molecule has 12 rings (SSSR count). The number of para-hydroxylation sites is 1. The highest BCUT2D eigenvalue weighted by Gasteiger charge is 2.48. The monoisotopic (exact) mass is 779 g/mol. The van der Waals surface area contributed by atoms with Gasteiger partial charge in [0.1, 0.15) is 0 Å². The minimum absolute atomic E-state index is 0.0982. The highest BCUT2D eigenvalue weighted by molar-refractivity contribution is 5.93. The zero-order valence-corrected chi connectivity index (χ0v) is 34.6. The van der Waals surface area contributed by atoms with Gasteiger partial charge in [0.2, 0.25) is 0 Å². The molecule has 0 bridgehead atoms. The zero-order valence-electron chi connectivity index (χ0n) is 34.6. The summed E-state index contributed by atoms with van der Waals surface area (Å²) in [7, 11) is 0. The van der Waals surface area contributed by atoms with Gasteiger partial charge in [-0.1, -0.05) is 196 Å². The largest absolute Gasteiger partial charge is 0.310 e. The average Bonchev–Trinajstić information content (AvgIpc) is 3.93. The summed E-state index contributed by atoms with van der Waals surface area (Å²) in [6, 6.07) is 79.3. The van der Waals surface area contributed by atoms with Gasteiger partial charge < -0.3 is 4.90 Å². The third kappa shape index (κ3) is 5.33. The molecule has 1 heteroatoms. The zero-order chi connectivity index (χ0) is 40.7. The molecule has 61 heavy (non-hydrogen) atoms. The summed E-state index contributed by atoms with van der Waals surface area (Å²) < 4.78 is 0. The molecule has 0 fully saturated rings. The van der Waals surface area contributed by atoms with Crippen LogP contribution in [0.2, 0.25) is 0 Å². The predicted molar refractivity (Wildman–Crippen MR) is 255 cm³/mol. The Morgan fingerprint density at radius 3 is 1.67 bits per heavy atom. The van der Waals surface area contributed by atoms with E-state index in [1.165, 1.54) is 89.0 Å². The highest BCUT2D eigenvalue weighted by Crippen LogP contribution is 2.59. The molecule has 0 aromatic heterocycles. The molecule has 1 atom stereocenters. The van der Waals surface area contributed by atoms with Crippen LogP contribution < -0.4 is 4.90 Å². The summed E-state index contributed by atoms with van der Waals surface area (Å²) in [5, 5.41) is 0. The molecule has 1 unspecified atom stereocenters. The van der Waals surface area contributed by atoms with Gasteiger partial charge in [-0.2, -0.15) is 0 Å². The Kier molecular flexibility index (Phi) is 7.99. The standard InChI is InChI=1S/C60H45N/c1-59(2)54-24-11-7-20-50(54)52-22-14-21-48(58(52)59)43-31-33-45(34-32-43)61(57-26-13-9-18-47(57)42-29-27-41(28-30-42)40-15-4-3-5-16-40)46-35-36-51-49-19-8-12-25-55(49)60(56(51)39-46)38-37-44-17-6-10-23-53(44)60/h3-36,39H,37-38H2,1-2H3. The van der Waals surface area contributed by atoms with E-state index in [0.717, 1.165) is 29.9 Å². The summed E-state index contributed by atoms with van der Waals surface area (Å²) in [6.45, 7) is 4.75. The van der Waals surface area contributed by atoms with Gasteiger partial charge in [-0.15, -0.1) is 0 Å². The van der Waals surface area contributed by atoms with Crippen LogP contribution in [0.5, 0.6) is 0 Å². The van der Waals surface area contributed by atoms with E-state index < -0.39 is 0 Å². The molecular weight excluding hydrogens is 735 g/mol. The predicted octanol–water partition coefficient (Wildman–Crippen LogP) is 15.7. The van der Waals surface area contributed by atoms with Crippen LogP contribution in [-0.4, -0.2) is 0 Å². The maximum atomic E-state index is 2.52. The number of fused-ring (bicyclic) bond motifs is 10. The lowest BCUT2D eigenvalue weighted by Gasteiger charge is -2.32. The first kappa shape index (κ1) is 35.7. The number of aryl methyl sites for hydroxylation is 1. The summed E-state index contributed by atoms with van der Waals surface area (Å²) >= 11 is 0. The molecule has 3 aliphatic carbocycles. The van der Waals surface area contributed by atoms with Crippen molar-refractivity contribution in [3.05, 3.63) is 246 Å². The summed E-state index contributed by atoms with van der Waals surface area (Å²) in [6.07, 6.45) is 2.15. The Morgan fingerprint density at radius 1 is 0.361 bits per heavy atom. The third-order valence-corrected chi connectivity index (χ3v) is 14.1. The van der Waals surface area contributed by atoms with Gasteiger partial charge in [0.05, 0.1) is 5.69 Å². The second-order valence-electron chi connectivity index (χ2n) is 17.6. The van der Waals surface area contributed by atoms with Crippen molar-refractivity contribution in [1.82, 2.24) is 0 Å². The smallest absolute Gasteiger partial charge is 0.0540 e. The normalized spacial score (nSPS) is 16.1. The van der Waals surface area contributed by atoms with Crippen LogP contribution >= 0.6 is 0 Å². The van der Waals surface area contributed by atoms with Crippen LogP contribution in [0, 0.1) is 0 Å². The van der Waals surface area contributed by atoms with Gasteiger partial charge in [0.25, 0.3) is 0 Å². The number of hydrogen-bond acceptors (Lipinski definition) is 1. The number of benzene rings is 9. The van der Waals surface area contributed by atoms with Crippen LogP contribution in [0.3, 0.4) is 0 Å². The average molecular weight is 780 g/mol. The SMILES string of the molecule is CC1(C)c2ccccc2-c2cccc(-c3ccc(N(c4ccc5c(c4)C4(CCc6ccccc64)c4ccccc4-5)c4ccccc4-c4ccc(-c5ccccc5)cc4)cc3)c21. The second kappa shape index (κ2) is 13.7. The highest BCUT2D eigenvalue weighted by atomic mass is 15.1. The second-order valence-corrected chi connectivity index (χ2v) is 17.6. The van der Waals surface area contributed by atoms with Gasteiger partial charge in [-0.25, -0.2) is 0 Å². The van der Waals surface area contributed by atoms with E-state index in [0.29, 0.717) is 0 Å². The van der Waals surface area contributed by atoms with Crippen molar-refractivity contribution in [3.63, 3.8) is 0 Å². The molecular formula is C60H45N. The Balaban J connectivity index is 1.03. The molecule has 0 heterocycles. The van der Waals surface area contributed by atoms with Crippen molar-refractivity contribution < 1.29 is 0 Å². The molecule has 0 N–H and O–H groups in total. The Hall–Kier alpha value is -7.22. The van der Waals surface area contributed by atoms with E-state index in [-0.39, 0.29) is 10.8 Å². The lowest BCUT2D eigenvalue weighted by molar-refractivity contribution is 0.626. The van der Waals surface area contributed by atoms with E-state index >= 15 is 0 Å². The molecule has 3 aliphatic rings. The van der Waals surface area contributed by atoms with Crippen molar-refractivity contribution in [2.75, 3.05) is 4.90 Å². The molecule has 9 aromatic rings. The minimum atomic E-state index is -0.182. The van der Waals surface area contributed by atoms with Gasteiger partial charge in [-0.3, -0.25) is 0 Å². The summed E-state index contributed by atoms with van der Waals surface area (Å²) in [5.41, 5.74) is 24.5. The maximum Gasteiger partial charge on any atom is 0.0540 e. The molecule has 1 spiro atoms. The van der Waals surface area contributed by atoms with Crippen LogP contribution in [-0.2, 0) is 17.3 Å². The molecule has 1 nitrogen and oxygen atoms in total. The van der Waals surface area contributed by atoms with Crippen molar-refractivity contribution in [2.45, 2.75) is 37.5 Å². The van der Waals surface area contributed by atoms with Crippen LogP contribution in [0.15, 0.2) is 212 Å². The van der Waals surface area contributed by atoms with E-state index in [9.17, 15) is 0 Å². The minimum Gasteiger partial charge on any atom is -0.310 e. The first-order valence-corrected chi connectivity index (χ1v) is 21.7. The Labute approximate surface area is 359 Å². The molecule has 290 valence electrons. The Morgan fingerprint density at radius 2 is 0.885 bits per heavy atom. The van der Waals surface area contributed by atoms with Crippen LogP contribution in [0.25, 0.3) is 55.6 Å². The number of rotatable bonds is 6. The van der Waals surface area contributed by atoms with Gasteiger partial charge in [0, 0.05) is 27.8 Å². The van der Waals surface area contributed by atoms with Crippen molar-refractivity contribution in [1.29, 1.82) is 0 Å². The van der Waals surface area contributed by atoms with Crippen LogP contribution in [0.1, 0.15) is 53.6 Å². The molecule has 0 saturated heterocycles. The van der Waals surface area contributed by atoms with Crippen LogP contribution in [0.4, 0.5) is 17.1 Å². The first-order valence-electron chi connectivity index (χ1n) is 21.7. The van der Waals surface area contributed by atoms with Gasteiger partial charge in [-0.05, 0) is 127 Å². The number of anilines is 3. The first-order chi connectivity index (χ1) is 30.0. The topological polar surface area (TPSA) is 3.24 Å². The number of nitrogens with zero attached hydrogens (tertiary/aromatic N) is 1. The van der Waals surface area contributed by atoms with Crippen molar-refractivity contribution >= 4 is 17.1 Å². The maximum absolute atomic E-state index is 2.52. The van der Waals surface area contributed by atoms with Crippen molar-refractivity contribution in [3.8, 4) is 55.6 Å². The third-order valence-electron chi connectivity index (χ3n) is 14.1. The molecule has 0 aliphatic heterocycles. The quantitative estimate of drug-likeness (QED) is 0.162. The Bertz CT molecular complexity index is 3150. The summed E-state index contributed by atoms with van der Waals surface area (Å²) in [4.78, 5) is 2.50. The number of hydrogen-bond donors (Lipinski definition) is 0. The molecule has 0 radical (unpaired) electrons. The van der Waals surface area contributed by atoms with E-state index in [4.69, 9.17) is 0 Å². The molecule has 0 saturated carbocycles.